The van der Waals surface area contributed by atoms with E-state index >= 15 is 0 Å². The highest BCUT2D eigenvalue weighted by atomic mass is 19.1. The maximum Gasteiger partial charge on any atom is 0.239 e. The summed E-state index contributed by atoms with van der Waals surface area (Å²) in [6.45, 7) is 6.12. The van der Waals surface area contributed by atoms with E-state index in [1.165, 1.54) is 22.9 Å². The van der Waals surface area contributed by atoms with E-state index in [0.29, 0.717) is 24.5 Å². The van der Waals surface area contributed by atoms with Crippen LogP contribution in [-0.2, 0) is 9.59 Å². The first kappa shape index (κ1) is 19.7. The van der Waals surface area contributed by atoms with E-state index in [-0.39, 0.29) is 11.6 Å². The first-order valence-corrected chi connectivity index (χ1v) is 9.59. The highest BCUT2D eigenvalue weighted by molar-refractivity contribution is 6.13. The lowest BCUT2D eigenvalue weighted by Crippen LogP contribution is -2.33. The van der Waals surface area contributed by atoms with Crippen LogP contribution in [0.5, 0.6) is 0 Å². The molecule has 1 aliphatic heterocycles. The zero-order valence-corrected chi connectivity index (χ0v) is 16.9. The van der Waals surface area contributed by atoms with Crippen LogP contribution in [0.4, 0.5) is 15.8 Å². The van der Waals surface area contributed by atoms with E-state index in [1.54, 1.807) is 11.8 Å². The number of anilines is 2. The topological polar surface area (TPSA) is 93.0 Å². The molecular weight excluding hydrogens is 387 g/mol. The van der Waals surface area contributed by atoms with Gasteiger partial charge in [0.25, 0.3) is 0 Å². The standard InChI is InChI=1S/C21H21FN6O2/c1-12-4-5-15(10-13(12)2)27-9-8-17(21(27)30)20(29)23-19-11-16(6-7-18(19)22)28-14(3)24-25-26-28/h4-7,10-11,17H,8-9H2,1-3H3,(H,23,29). The van der Waals surface area contributed by atoms with E-state index in [9.17, 15) is 14.0 Å². The summed E-state index contributed by atoms with van der Waals surface area (Å²) in [4.78, 5) is 27.2. The molecule has 154 valence electrons. The van der Waals surface area contributed by atoms with Crippen LogP contribution >= 0.6 is 0 Å². The number of aromatic nitrogens is 4. The third-order valence-electron chi connectivity index (χ3n) is 5.40. The SMILES string of the molecule is Cc1ccc(N2CCC(C(=O)Nc3cc(-n4nnnc4C)ccc3F)C2=O)cc1C. The van der Waals surface area contributed by atoms with Crippen LogP contribution in [0.3, 0.4) is 0 Å². The number of carbonyl (C=O) groups is 2. The number of aryl methyl sites for hydroxylation is 3. The molecular formula is C21H21FN6O2. The predicted molar refractivity (Wildman–Crippen MR) is 109 cm³/mol. The molecule has 9 heteroatoms. The van der Waals surface area contributed by atoms with Gasteiger partial charge < -0.3 is 10.2 Å². The number of tetrazole rings is 1. The molecule has 1 unspecified atom stereocenters. The summed E-state index contributed by atoms with van der Waals surface area (Å²) in [6, 6.07) is 9.94. The zero-order chi connectivity index (χ0) is 21.4. The van der Waals surface area contributed by atoms with Crippen molar-refractivity contribution in [3.8, 4) is 5.69 Å². The maximum absolute atomic E-state index is 14.3. The van der Waals surface area contributed by atoms with Gasteiger partial charge in [-0.3, -0.25) is 9.59 Å². The lowest BCUT2D eigenvalue weighted by Gasteiger charge is -2.18. The van der Waals surface area contributed by atoms with Crippen LogP contribution in [0.15, 0.2) is 36.4 Å². The van der Waals surface area contributed by atoms with Crippen molar-refractivity contribution in [1.29, 1.82) is 0 Å². The number of nitrogens with one attached hydrogen (secondary N) is 1. The molecule has 0 spiro atoms. The third kappa shape index (κ3) is 3.54. The van der Waals surface area contributed by atoms with Gasteiger partial charge in [-0.25, -0.2) is 4.39 Å². The van der Waals surface area contributed by atoms with E-state index < -0.39 is 17.6 Å². The fourth-order valence-electron chi connectivity index (χ4n) is 3.50. The Kier molecular flexibility index (Phi) is 5.03. The van der Waals surface area contributed by atoms with Crippen molar-refractivity contribution in [2.45, 2.75) is 27.2 Å². The number of carbonyl (C=O) groups excluding carboxylic acids is 2. The molecule has 2 amide bonds. The number of halogens is 1. The quantitative estimate of drug-likeness (QED) is 0.670. The minimum Gasteiger partial charge on any atom is -0.323 e. The first-order chi connectivity index (χ1) is 14.3. The van der Waals surface area contributed by atoms with Crippen molar-refractivity contribution in [3.05, 3.63) is 59.2 Å². The van der Waals surface area contributed by atoms with Crippen molar-refractivity contribution < 1.29 is 14.0 Å². The van der Waals surface area contributed by atoms with Crippen LogP contribution < -0.4 is 10.2 Å². The van der Waals surface area contributed by atoms with Crippen molar-refractivity contribution in [2.24, 2.45) is 5.92 Å². The Morgan fingerprint density at radius 1 is 1.10 bits per heavy atom. The summed E-state index contributed by atoms with van der Waals surface area (Å²) >= 11 is 0. The molecule has 2 aromatic carbocycles. The fraction of sp³-hybridized carbons (Fsp3) is 0.286. The lowest BCUT2D eigenvalue weighted by atomic mass is 10.1. The molecule has 1 fully saturated rings. The fourth-order valence-corrected chi connectivity index (χ4v) is 3.50. The van der Waals surface area contributed by atoms with E-state index in [2.05, 4.69) is 20.8 Å². The molecule has 1 aromatic heterocycles. The Labute approximate surface area is 172 Å². The second-order valence-corrected chi connectivity index (χ2v) is 7.39. The summed E-state index contributed by atoms with van der Waals surface area (Å²) in [5, 5.41) is 13.8. The monoisotopic (exact) mass is 408 g/mol. The third-order valence-corrected chi connectivity index (χ3v) is 5.40. The molecule has 1 saturated heterocycles. The molecule has 3 aromatic rings. The smallest absolute Gasteiger partial charge is 0.239 e. The van der Waals surface area contributed by atoms with Gasteiger partial charge in [0, 0.05) is 12.2 Å². The molecule has 1 aliphatic rings. The van der Waals surface area contributed by atoms with Crippen molar-refractivity contribution in [1.82, 2.24) is 20.2 Å². The summed E-state index contributed by atoms with van der Waals surface area (Å²) < 4.78 is 15.7. The minimum absolute atomic E-state index is 0.0233. The number of amides is 2. The summed E-state index contributed by atoms with van der Waals surface area (Å²) in [6.07, 6.45) is 0.366. The Hall–Kier alpha value is -3.62. The molecule has 4 rings (SSSR count). The molecule has 0 radical (unpaired) electrons. The van der Waals surface area contributed by atoms with E-state index in [4.69, 9.17) is 0 Å². The summed E-state index contributed by atoms with van der Waals surface area (Å²) in [5.41, 5.74) is 3.45. The highest BCUT2D eigenvalue weighted by Gasteiger charge is 2.38. The molecule has 0 aliphatic carbocycles. The van der Waals surface area contributed by atoms with E-state index in [1.807, 2.05) is 32.0 Å². The van der Waals surface area contributed by atoms with Gasteiger partial charge in [-0.1, -0.05) is 6.07 Å². The Bertz CT molecular complexity index is 1140. The Balaban J connectivity index is 1.52. The lowest BCUT2D eigenvalue weighted by molar-refractivity contribution is -0.129. The molecule has 1 N–H and O–H groups in total. The van der Waals surface area contributed by atoms with Gasteiger partial charge >= 0.3 is 0 Å². The van der Waals surface area contributed by atoms with Gasteiger partial charge in [0.2, 0.25) is 11.8 Å². The van der Waals surface area contributed by atoms with E-state index in [0.717, 1.165) is 16.8 Å². The molecule has 1 atom stereocenters. The Morgan fingerprint density at radius 2 is 1.87 bits per heavy atom. The van der Waals surface area contributed by atoms with Gasteiger partial charge in [-0.05, 0) is 79.1 Å². The second kappa shape index (κ2) is 7.66. The average Bonchev–Trinajstić information content (AvgIpc) is 3.31. The number of rotatable bonds is 4. The van der Waals surface area contributed by atoms with Crippen LogP contribution in [0, 0.1) is 32.5 Å². The maximum atomic E-state index is 14.3. The number of hydrogen-bond acceptors (Lipinski definition) is 5. The number of nitrogens with zero attached hydrogens (tertiary/aromatic N) is 5. The average molecular weight is 408 g/mol. The highest BCUT2D eigenvalue weighted by Crippen LogP contribution is 2.28. The first-order valence-electron chi connectivity index (χ1n) is 9.59. The molecule has 0 bridgehead atoms. The van der Waals surface area contributed by atoms with Gasteiger partial charge in [0.1, 0.15) is 11.7 Å². The molecule has 0 saturated carbocycles. The molecule has 8 nitrogen and oxygen atoms in total. The minimum atomic E-state index is -0.871. The van der Waals surface area contributed by atoms with Gasteiger partial charge in [-0.2, -0.15) is 4.68 Å². The molecule has 30 heavy (non-hydrogen) atoms. The van der Waals surface area contributed by atoms with Crippen molar-refractivity contribution in [3.63, 3.8) is 0 Å². The van der Waals surface area contributed by atoms with Crippen LogP contribution in [0.2, 0.25) is 0 Å². The van der Waals surface area contributed by atoms with Gasteiger partial charge in [-0.15, -0.1) is 5.10 Å². The Morgan fingerprint density at radius 3 is 2.57 bits per heavy atom. The van der Waals surface area contributed by atoms with Crippen LogP contribution in [0.1, 0.15) is 23.4 Å². The van der Waals surface area contributed by atoms with Crippen molar-refractivity contribution in [2.75, 3.05) is 16.8 Å². The summed E-state index contributed by atoms with van der Waals surface area (Å²) in [5.74, 6) is -1.77. The van der Waals surface area contributed by atoms with Gasteiger partial charge in [0.15, 0.2) is 5.82 Å². The van der Waals surface area contributed by atoms with Crippen LogP contribution in [-0.4, -0.2) is 38.6 Å². The molecule has 2 heterocycles. The number of hydrogen-bond donors (Lipinski definition) is 1. The summed E-state index contributed by atoms with van der Waals surface area (Å²) in [7, 11) is 0. The predicted octanol–water partition coefficient (Wildman–Crippen LogP) is 2.72. The second-order valence-electron chi connectivity index (χ2n) is 7.39. The number of benzene rings is 2. The van der Waals surface area contributed by atoms with Gasteiger partial charge in [0.05, 0.1) is 11.4 Å². The van der Waals surface area contributed by atoms with Crippen LogP contribution in [0.25, 0.3) is 5.69 Å². The normalized spacial score (nSPS) is 16.2. The van der Waals surface area contributed by atoms with Crippen molar-refractivity contribution >= 4 is 23.2 Å². The largest absolute Gasteiger partial charge is 0.323 e. The zero-order valence-electron chi connectivity index (χ0n) is 16.9.